The van der Waals surface area contributed by atoms with E-state index < -0.39 is 0 Å². The highest BCUT2D eigenvalue weighted by molar-refractivity contribution is 6.07. The van der Waals surface area contributed by atoms with E-state index >= 15 is 0 Å². The second-order valence-corrected chi connectivity index (χ2v) is 7.05. The standard InChI is InChI=1S/C20H27NO3.ClH/c1-6-21(7-2)13-15-11-14(19(23)17-9-8-10-24-17)12-16(18(15)22)20(3,4)5;/h8-12,22H,6-7,13H2,1-5H3;1H. The normalized spacial score (nSPS) is 11.4. The Morgan fingerprint density at radius 1 is 1.20 bits per heavy atom. The van der Waals surface area contributed by atoms with Crippen molar-refractivity contribution >= 4 is 18.2 Å². The molecule has 0 unspecified atom stereocenters. The highest BCUT2D eigenvalue weighted by Gasteiger charge is 2.24. The number of halogens is 1. The third kappa shape index (κ3) is 4.86. The number of nitrogens with zero attached hydrogens (tertiary/aromatic N) is 1. The second-order valence-electron chi connectivity index (χ2n) is 7.05. The SMILES string of the molecule is CCN(CC)Cc1cc(C(=O)c2ccco2)cc(C(C)(C)C)c1O.Cl. The molecule has 0 atom stereocenters. The molecule has 0 bridgehead atoms. The van der Waals surface area contributed by atoms with Crippen LogP contribution in [0.4, 0.5) is 0 Å². The van der Waals surface area contributed by atoms with Gasteiger partial charge in [0, 0.05) is 23.2 Å². The van der Waals surface area contributed by atoms with Crippen LogP contribution in [-0.2, 0) is 12.0 Å². The van der Waals surface area contributed by atoms with Crippen LogP contribution in [0, 0.1) is 0 Å². The lowest BCUT2D eigenvalue weighted by molar-refractivity contribution is 0.101. The van der Waals surface area contributed by atoms with Crippen molar-refractivity contribution in [2.75, 3.05) is 13.1 Å². The Bertz CT molecular complexity index is 698. The number of furan rings is 1. The molecule has 0 aliphatic heterocycles. The van der Waals surface area contributed by atoms with Crippen LogP contribution in [0.15, 0.2) is 34.9 Å². The second kappa shape index (κ2) is 8.54. The minimum absolute atomic E-state index is 0. The van der Waals surface area contributed by atoms with E-state index in [1.54, 1.807) is 24.3 Å². The minimum atomic E-state index is -0.262. The summed E-state index contributed by atoms with van der Waals surface area (Å²) < 4.78 is 5.25. The van der Waals surface area contributed by atoms with Crippen LogP contribution in [0.2, 0.25) is 0 Å². The van der Waals surface area contributed by atoms with E-state index in [4.69, 9.17) is 4.42 Å². The topological polar surface area (TPSA) is 53.7 Å². The van der Waals surface area contributed by atoms with E-state index in [0.29, 0.717) is 17.9 Å². The minimum Gasteiger partial charge on any atom is -0.507 e. The highest BCUT2D eigenvalue weighted by Crippen LogP contribution is 2.35. The van der Waals surface area contributed by atoms with Gasteiger partial charge in [-0.05, 0) is 42.8 Å². The van der Waals surface area contributed by atoms with Crippen molar-refractivity contribution < 1.29 is 14.3 Å². The van der Waals surface area contributed by atoms with Crippen LogP contribution in [0.3, 0.4) is 0 Å². The van der Waals surface area contributed by atoms with Gasteiger partial charge < -0.3 is 9.52 Å². The number of rotatable bonds is 6. The molecular weight excluding hydrogens is 338 g/mol. The number of aromatic hydroxyl groups is 1. The molecule has 138 valence electrons. The molecule has 0 spiro atoms. The number of hydrogen-bond acceptors (Lipinski definition) is 4. The Balaban J connectivity index is 0.00000312. The average Bonchev–Trinajstić information content (AvgIpc) is 3.06. The summed E-state index contributed by atoms with van der Waals surface area (Å²) in [7, 11) is 0. The number of hydrogen-bond donors (Lipinski definition) is 1. The first-order valence-corrected chi connectivity index (χ1v) is 8.44. The van der Waals surface area contributed by atoms with Gasteiger partial charge in [0.05, 0.1) is 6.26 Å². The predicted octanol–water partition coefficient (Wildman–Crippen LogP) is 4.78. The van der Waals surface area contributed by atoms with Crippen molar-refractivity contribution in [2.24, 2.45) is 0 Å². The van der Waals surface area contributed by atoms with E-state index in [1.807, 2.05) is 20.8 Å². The van der Waals surface area contributed by atoms with E-state index in [9.17, 15) is 9.90 Å². The molecule has 0 radical (unpaired) electrons. The highest BCUT2D eigenvalue weighted by atomic mass is 35.5. The summed E-state index contributed by atoms with van der Waals surface area (Å²) in [6.07, 6.45) is 1.50. The van der Waals surface area contributed by atoms with Crippen molar-refractivity contribution in [1.29, 1.82) is 0 Å². The lowest BCUT2D eigenvalue weighted by Crippen LogP contribution is -2.23. The Kier molecular flexibility index (Phi) is 7.27. The van der Waals surface area contributed by atoms with Gasteiger partial charge in [0.1, 0.15) is 5.75 Å². The van der Waals surface area contributed by atoms with E-state index in [0.717, 1.165) is 24.2 Å². The van der Waals surface area contributed by atoms with E-state index in [1.165, 1.54) is 6.26 Å². The van der Waals surface area contributed by atoms with Crippen LogP contribution in [0.25, 0.3) is 0 Å². The van der Waals surface area contributed by atoms with Crippen LogP contribution < -0.4 is 0 Å². The molecule has 2 aromatic rings. The summed E-state index contributed by atoms with van der Waals surface area (Å²) in [6, 6.07) is 6.94. The van der Waals surface area contributed by atoms with Crippen molar-refractivity contribution in [2.45, 2.75) is 46.6 Å². The van der Waals surface area contributed by atoms with E-state index in [2.05, 4.69) is 18.7 Å². The average molecular weight is 366 g/mol. The Morgan fingerprint density at radius 2 is 1.84 bits per heavy atom. The van der Waals surface area contributed by atoms with Crippen LogP contribution in [-0.4, -0.2) is 28.9 Å². The first-order chi connectivity index (χ1) is 11.3. The molecule has 25 heavy (non-hydrogen) atoms. The molecule has 0 fully saturated rings. The number of carbonyl (C=O) groups is 1. The summed E-state index contributed by atoms with van der Waals surface area (Å²) >= 11 is 0. The van der Waals surface area contributed by atoms with Gasteiger partial charge in [0.25, 0.3) is 0 Å². The van der Waals surface area contributed by atoms with Crippen molar-refractivity contribution in [3.63, 3.8) is 0 Å². The molecule has 1 aromatic carbocycles. The molecule has 2 rings (SSSR count). The number of benzene rings is 1. The largest absolute Gasteiger partial charge is 0.507 e. The molecule has 1 aromatic heterocycles. The number of phenolic OH excluding ortho intramolecular Hbond substituents is 1. The molecule has 0 amide bonds. The molecule has 0 saturated heterocycles. The zero-order chi connectivity index (χ0) is 17.9. The lowest BCUT2D eigenvalue weighted by Gasteiger charge is -2.25. The first kappa shape index (κ1) is 21.3. The lowest BCUT2D eigenvalue weighted by atomic mass is 9.83. The fourth-order valence-corrected chi connectivity index (χ4v) is 2.76. The van der Waals surface area contributed by atoms with Crippen molar-refractivity contribution in [3.8, 4) is 5.75 Å². The zero-order valence-corrected chi connectivity index (χ0v) is 16.4. The van der Waals surface area contributed by atoms with Gasteiger partial charge in [-0.1, -0.05) is 34.6 Å². The predicted molar refractivity (Wildman–Crippen MR) is 103 cm³/mol. The molecule has 5 heteroatoms. The summed E-state index contributed by atoms with van der Waals surface area (Å²) in [5.74, 6) is 0.436. The summed E-state index contributed by atoms with van der Waals surface area (Å²) in [4.78, 5) is 14.9. The maximum Gasteiger partial charge on any atom is 0.228 e. The van der Waals surface area contributed by atoms with Crippen molar-refractivity contribution in [1.82, 2.24) is 4.90 Å². The molecule has 0 aliphatic carbocycles. The molecule has 1 N–H and O–H groups in total. The van der Waals surface area contributed by atoms with Gasteiger partial charge in [-0.25, -0.2) is 0 Å². The van der Waals surface area contributed by atoms with Crippen LogP contribution >= 0.6 is 12.4 Å². The summed E-state index contributed by atoms with van der Waals surface area (Å²) in [6.45, 7) is 12.7. The number of phenols is 1. The maximum absolute atomic E-state index is 12.7. The number of ketones is 1. The third-order valence-electron chi connectivity index (χ3n) is 4.29. The summed E-state index contributed by atoms with van der Waals surface area (Å²) in [5, 5.41) is 10.7. The van der Waals surface area contributed by atoms with Gasteiger partial charge in [-0.3, -0.25) is 9.69 Å². The van der Waals surface area contributed by atoms with Gasteiger partial charge in [0.2, 0.25) is 5.78 Å². The van der Waals surface area contributed by atoms with Crippen LogP contribution in [0.1, 0.15) is 61.9 Å². The molecular formula is C20H28ClNO3. The van der Waals surface area contributed by atoms with Crippen LogP contribution in [0.5, 0.6) is 5.75 Å². The Morgan fingerprint density at radius 3 is 2.32 bits per heavy atom. The molecule has 0 saturated carbocycles. The van der Waals surface area contributed by atoms with Gasteiger partial charge in [-0.2, -0.15) is 0 Å². The maximum atomic E-state index is 12.7. The Labute approximate surface area is 156 Å². The molecule has 0 aliphatic rings. The van der Waals surface area contributed by atoms with Crippen molar-refractivity contribution in [3.05, 3.63) is 53.0 Å². The number of carbonyl (C=O) groups excluding carboxylic acids is 1. The Hall–Kier alpha value is -1.78. The van der Waals surface area contributed by atoms with Gasteiger partial charge >= 0.3 is 0 Å². The third-order valence-corrected chi connectivity index (χ3v) is 4.29. The zero-order valence-electron chi connectivity index (χ0n) is 15.6. The van der Waals surface area contributed by atoms with E-state index in [-0.39, 0.29) is 29.4 Å². The summed E-state index contributed by atoms with van der Waals surface area (Å²) in [5.41, 5.74) is 1.85. The fraction of sp³-hybridized carbons (Fsp3) is 0.450. The molecule has 1 heterocycles. The van der Waals surface area contributed by atoms with Gasteiger partial charge in [-0.15, -0.1) is 12.4 Å². The first-order valence-electron chi connectivity index (χ1n) is 8.44. The molecule has 4 nitrogen and oxygen atoms in total. The smallest absolute Gasteiger partial charge is 0.228 e. The monoisotopic (exact) mass is 365 g/mol. The van der Waals surface area contributed by atoms with Gasteiger partial charge in [0.15, 0.2) is 5.76 Å². The fourth-order valence-electron chi connectivity index (χ4n) is 2.76. The quantitative estimate of drug-likeness (QED) is 0.748.